The number of hydrogen-bond donors (Lipinski definition) is 0. The van der Waals surface area contributed by atoms with Gasteiger partial charge in [0.15, 0.2) is 17.5 Å². The van der Waals surface area contributed by atoms with Crippen molar-refractivity contribution in [1.29, 1.82) is 0 Å². The molecule has 5 heteroatoms. The summed E-state index contributed by atoms with van der Waals surface area (Å²) in [6.45, 7) is 0. The maximum atomic E-state index is 6.55. The molecule has 0 fully saturated rings. The second kappa shape index (κ2) is 13.0. The number of para-hydroxylation sites is 1. The topological polar surface area (TPSA) is 56.7 Å². The number of rotatable bonds is 6. The number of hydrogen-bond acceptors (Lipinski definition) is 4. The monoisotopic (exact) mass is 716 g/mol. The lowest BCUT2D eigenvalue weighted by Crippen LogP contribution is -2.00. The highest BCUT2D eigenvalue weighted by Crippen LogP contribution is 2.40. The fraction of sp³-hybridized carbons (Fsp3) is 0. The maximum Gasteiger partial charge on any atom is 0.164 e. The molecular formula is C51H32N4O. The van der Waals surface area contributed by atoms with Crippen LogP contribution in [0, 0.1) is 0 Å². The van der Waals surface area contributed by atoms with Gasteiger partial charge in [-0.3, -0.25) is 0 Å². The highest BCUT2D eigenvalue weighted by atomic mass is 16.3. The van der Waals surface area contributed by atoms with Gasteiger partial charge in [-0.2, -0.15) is 0 Å². The zero-order valence-electron chi connectivity index (χ0n) is 30.2. The van der Waals surface area contributed by atoms with Crippen LogP contribution in [0.4, 0.5) is 0 Å². The molecule has 0 aliphatic rings. The number of aromatic nitrogens is 4. The molecule has 0 aliphatic heterocycles. The molecule has 0 radical (unpaired) electrons. The van der Waals surface area contributed by atoms with Gasteiger partial charge in [-0.15, -0.1) is 0 Å². The molecule has 0 saturated heterocycles. The Hall–Kier alpha value is -7.63. The first-order valence-electron chi connectivity index (χ1n) is 18.8. The van der Waals surface area contributed by atoms with Crippen LogP contribution in [-0.2, 0) is 0 Å². The molecule has 262 valence electrons. The molecule has 0 unspecified atom stereocenters. The summed E-state index contributed by atoms with van der Waals surface area (Å²) >= 11 is 0. The highest BCUT2D eigenvalue weighted by molar-refractivity contribution is 6.15. The third kappa shape index (κ3) is 5.37. The van der Waals surface area contributed by atoms with E-state index in [1.165, 1.54) is 0 Å². The molecule has 3 heterocycles. The molecule has 0 N–H and O–H groups in total. The van der Waals surface area contributed by atoms with E-state index in [4.69, 9.17) is 19.4 Å². The van der Waals surface area contributed by atoms with Crippen LogP contribution in [0.1, 0.15) is 0 Å². The quantitative estimate of drug-likeness (QED) is 0.172. The lowest BCUT2D eigenvalue weighted by molar-refractivity contribution is 0.669. The summed E-state index contributed by atoms with van der Waals surface area (Å²) in [5, 5.41) is 4.43. The average molecular weight is 717 g/mol. The van der Waals surface area contributed by atoms with Crippen molar-refractivity contribution in [2.75, 3.05) is 0 Å². The Morgan fingerprint density at radius 3 is 1.59 bits per heavy atom. The highest BCUT2D eigenvalue weighted by Gasteiger charge is 2.20. The summed E-state index contributed by atoms with van der Waals surface area (Å²) in [5.74, 6) is 1.88. The Morgan fingerprint density at radius 2 is 0.857 bits per heavy atom. The van der Waals surface area contributed by atoms with Crippen molar-refractivity contribution in [1.82, 2.24) is 19.5 Å². The second-order valence-electron chi connectivity index (χ2n) is 14.0. The fourth-order valence-electron chi connectivity index (χ4n) is 7.99. The van der Waals surface area contributed by atoms with Crippen molar-refractivity contribution in [2.45, 2.75) is 0 Å². The van der Waals surface area contributed by atoms with E-state index in [1.54, 1.807) is 0 Å². The zero-order chi connectivity index (χ0) is 37.0. The van der Waals surface area contributed by atoms with Gasteiger partial charge in [0.05, 0.1) is 22.1 Å². The van der Waals surface area contributed by atoms with Crippen molar-refractivity contribution in [3.63, 3.8) is 0 Å². The fourth-order valence-corrected chi connectivity index (χ4v) is 7.99. The van der Waals surface area contributed by atoms with Crippen LogP contribution in [0.25, 0.3) is 106 Å². The summed E-state index contributed by atoms with van der Waals surface area (Å²) in [5.41, 5.74) is 12.3. The second-order valence-corrected chi connectivity index (χ2v) is 14.0. The van der Waals surface area contributed by atoms with Crippen LogP contribution in [0.3, 0.4) is 0 Å². The Kier molecular flexibility index (Phi) is 7.42. The van der Waals surface area contributed by atoms with E-state index in [9.17, 15) is 0 Å². The largest absolute Gasteiger partial charge is 0.456 e. The predicted molar refractivity (Wildman–Crippen MR) is 229 cm³/mol. The number of benzene rings is 8. The maximum absolute atomic E-state index is 6.55. The van der Waals surface area contributed by atoms with E-state index in [1.807, 2.05) is 42.5 Å². The third-order valence-electron chi connectivity index (χ3n) is 10.6. The summed E-state index contributed by atoms with van der Waals surface area (Å²) in [7, 11) is 0. The Labute approximate surface area is 322 Å². The van der Waals surface area contributed by atoms with Gasteiger partial charge < -0.3 is 8.98 Å². The molecule has 0 bridgehead atoms. The van der Waals surface area contributed by atoms with Gasteiger partial charge in [-0.05, 0) is 76.9 Å². The van der Waals surface area contributed by atoms with E-state index in [-0.39, 0.29) is 0 Å². The first-order valence-corrected chi connectivity index (χ1v) is 18.8. The first kappa shape index (κ1) is 31.9. The number of furan rings is 1. The molecule has 11 aromatic rings. The van der Waals surface area contributed by atoms with E-state index in [0.717, 1.165) is 88.4 Å². The van der Waals surface area contributed by atoms with E-state index in [2.05, 4.69) is 156 Å². The molecule has 0 amide bonds. The number of fused-ring (bicyclic) bond motifs is 6. The summed E-state index contributed by atoms with van der Waals surface area (Å²) < 4.78 is 8.91. The van der Waals surface area contributed by atoms with E-state index in [0.29, 0.717) is 17.5 Å². The summed E-state index contributed by atoms with van der Waals surface area (Å²) in [4.78, 5) is 15.3. The molecule has 11 rings (SSSR count). The molecule has 0 saturated carbocycles. The van der Waals surface area contributed by atoms with E-state index < -0.39 is 0 Å². The van der Waals surface area contributed by atoms with Gasteiger partial charge in [-0.25, -0.2) is 15.0 Å². The summed E-state index contributed by atoms with van der Waals surface area (Å²) in [6, 6.07) is 67.4. The van der Waals surface area contributed by atoms with Crippen LogP contribution in [0.2, 0.25) is 0 Å². The van der Waals surface area contributed by atoms with E-state index >= 15 is 0 Å². The van der Waals surface area contributed by atoms with Crippen molar-refractivity contribution in [2.24, 2.45) is 0 Å². The molecular weight excluding hydrogens is 685 g/mol. The minimum Gasteiger partial charge on any atom is -0.456 e. The van der Waals surface area contributed by atoms with Gasteiger partial charge in [0, 0.05) is 32.8 Å². The Balaban J connectivity index is 1.09. The van der Waals surface area contributed by atoms with Crippen LogP contribution >= 0.6 is 0 Å². The van der Waals surface area contributed by atoms with Crippen LogP contribution in [-0.4, -0.2) is 19.5 Å². The molecule has 56 heavy (non-hydrogen) atoms. The van der Waals surface area contributed by atoms with Gasteiger partial charge >= 0.3 is 0 Å². The van der Waals surface area contributed by atoms with Crippen molar-refractivity contribution < 1.29 is 4.42 Å². The average Bonchev–Trinajstić information content (AvgIpc) is 3.82. The molecule has 0 aliphatic carbocycles. The Morgan fingerprint density at radius 1 is 0.321 bits per heavy atom. The normalized spacial score (nSPS) is 11.6. The third-order valence-corrected chi connectivity index (χ3v) is 10.6. The lowest BCUT2D eigenvalue weighted by atomic mass is 10.0. The minimum atomic E-state index is 0.620. The number of nitrogens with zero attached hydrogens (tertiary/aromatic N) is 4. The first-order chi connectivity index (χ1) is 27.7. The van der Waals surface area contributed by atoms with Crippen LogP contribution in [0.15, 0.2) is 199 Å². The van der Waals surface area contributed by atoms with Gasteiger partial charge in [-0.1, -0.05) is 140 Å². The predicted octanol–water partition coefficient (Wildman–Crippen LogP) is 13.2. The minimum absolute atomic E-state index is 0.620. The smallest absolute Gasteiger partial charge is 0.164 e. The molecule has 5 nitrogen and oxygen atoms in total. The molecule has 8 aromatic carbocycles. The molecule has 3 aromatic heterocycles. The Bertz CT molecular complexity index is 3240. The van der Waals surface area contributed by atoms with Crippen LogP contribution in [0.5, 0.6) is 0 Å². The van der Waals surface area contributed by atoms with Gasteiger partial charge in [0.2, 0.25) is 0 Å². The van der Waals surface area contributed by atoms with Gasteiger partial charge in [0.25, 0.3) is 0 Å². The standard InChI is InChI=1S/C51H32N4O/c1-4-14-33(15-5-1)36-20-12-21-38(30-36)50-52-49(35-18-8-3-9-19-35)53-51(54-50)39-27-29-44-42(31-39)40-22-10-11-23-43(40)55(44)45-24-13-25-46-48(45)41-28-26-37(32-47(41)56-46)34-16-6-2-7-17-34/h1-32H. The zero-order valence-corrected chi connectivity index (χ0v) is 30.2. The SMILES string of the molecule is c1ccc(-c2cccc(-c3nc(-c4ccccc4)nc(-c4ccc5c(c4)c4ccccc4n5-c4cccc5oc6cc(-c7ccccc7)ccc6c45)n3)c2)cc1. The van der Waals surface area contributed by atoms with Crippen molar-refractivity contribution in [3.8, 4) is 62.1 Å². The van der Waals surface area contributed by atoms with Gasteiger partial charge in [0.1, 0.15) is 11.2 Å². The summed E-state index contributed by atoms with van der Waals surface area (Å²) in [6.07, 6.45) is 0. The van der Waals surface area contributed by atoms with Crippen molar-refractivity contribution in [3.05, 3.63) is 194 Å². The lowest BCUT2D eigenvalue weighted by Gasteiger charge is -2.11. The molecule has 0 atom stereocenters. The molecule has 0 spiro atoms. The van der Waals surface area contributed by atoms with Crippen LogP contribution < -0.4 is 0 Å². The van der Waals surface area contributed by atoms with Crippen molar-refractivity contribution >= 4 is 43.7 Å².